The fraction of sp³-hybridized carbons (Fsp3) is 0.933. The van der Waals surface area contributed by atoms with Crippen LogP contribution in [0.15, 0.2) is 0 Å². The summed E-state index contributed by atoms with van der Waals surface area (Å²) < 4.78 is 0. The standard InChI is InChI=1S/C15H26O4/c1-9-5-6-10-13(2,3)7-14(4,8-16)15(10,19)11(9)12(17)18/h9-11,16,19H,5-8H2,1-4H3,(H,17,18)/t9-,10-,11-,14-,15+/m1/s1. The van der Waals surface area contributed by atoms with Crippen molar-refractivity contribution in [2.45, 2.75) is 52.6 Å². The van der Waals surface area contributed by atoms with Gasteiger partial charge in [0, 0.05) is 5.41 Å². The van der Waals surface area contributed by atoms with Gasteiger partial charge in [0.05, 0.1) is 18.1 Å². The Kier molecular flexibility index (Phi) is 3.26. The SMILES string of the molecule is C[C@@H]1CC[C@@H]2C(C)(C)C[C@](C)(CO)[C@@]2(O)[C@H]1C(=O)O. The zero-order chi connectivity index (χ0) is 14.6. The quantitative estimate of drug-likeness (QED) is 0.716. The number of hydrogen-bond acceptors (Lipinski definition) is 3. The van der Waals surface area contributed by atoms with E-state index in [0.29, 0.717) is 6.42 Å². The van der Waals surface area contributed by atoms with Gasteiger partial charge in [0.2, 0.25) is 0 Å². The maximum atomic E-state index is 11.7. The number of carbonyl (C=O) groups is 1. The molecule has 2 aliphatic rings. The minimum Gasteiger partial charge on any atom is -0.481 e. The van der Waals surface area contributed by atoms with Gasteiger partial charge in [-0.05, 0) is 36.5 Å². The summed E-state index contributed by atoms with van der Waals surface area (Å²) in [5, 5.41) is 30.7. The van der Waals surface area contributed by atoms with Crippen molar-refractivity contribution in [3.63, 3.8) is 0 Å². The second kappa shape index (κ2) is 4.19. The molecule has 110 valence electrons. The Balaban J connectivity index is 2.57. The van der Waals surface area contributed by atoms with Crippen molar-refractivity contribution < 1.29 is 20.1 Å². The summed E-state index contributed by atoms with van der Waals surface area (Å²) in [5.41, 5.74) is -2.19. The summed E-state index contributed by atoms with van der Waals surface area (Å²) in [7, 11) is 0. The number of aliphatic hydroxyl groups is 2. The summed E-state index contributed by atoms with van der Waals surface area (Å²) >= 11 is 0. The third kappa shape index (κ3) is 1.76. The summed E-state index contributed by atoms with van der Waals surface area (Å²) in [4.78, 5) is 11.7. The highest BCUT2D eigenvalue weighted by Crippen LogP contribution is 2.66. The first-order valence-corrected chi connectivity index (χ1v) is 7.16. The Morgan fingerprint density at radius 3 is 2.32 bits per heavy atom. The third-order valence-corrected chi connectivity index (χ3v) is 5.86. The van der Waals surface area contributed by atoms with Crippen LogP contribution in [0, 0.1) is 28.6 Å². The van der Waals surface area contributed by atoms with E-state index in [1.54, 1.807) is 0 Å². The highest BCUT2D eigenvalue weighted by Gasteiger charge is 2.70. The van der Waals surface area contributed by atoms with E-state index in [9.17, 15) is 20.1 Å². The van der Waals surface area contributed by atoms with Gasteiger partial charge in [-0.1, -0.05) is 27.7 Å². The number of aliphatic hydroxyl groups excluding tert-OH is 1. The van der Waals surface area contributed by atoms with Crippen LogP contribution in [-0.4, -0.2) is 33.5 Å². The van der Waals surface area contributed by atoms with Crippen molar-refractivity contribution in [1.29, 1.82) is 0 Å². The Labute approximate surface area is 114 Å². The lowest BCUT2D eigenvalue weighted by molar-refractivity contribution is -0.197. The summed E-state index contributed by atoms with van der Waals surface area (Å²) in [6, 6.07) is 0. The topological polar surface area (TPSA) is 77.8 Å². The summed E-state index contributed by atoms with van der Waals surface area (Å²) in [6.07, 6.45) is 2.33. The first-order chi connectivity index (χ1) is 8.60. The minimum absolute atomic E-state index is 0.0569. The Morgan fingerprint density at radius 1 is 1.26 bits per heavy atom. The van der Waals surface area contributed by atoms with E-state index in [1.165, 1.54) is 0 Å². The maximum Gasteiger partial charge on any atom is 0.309 e. The average Bonchev–Trinajstić information content (AvgIpc) is 2.42. The van der Waals surface area contributed by atoms with E-state index in [-0.39, 0.29) is 23.9 Å². The van der Waals surface area contributed by atoms with Gasteiger partial charge in [-0.2, -0.15) is 0 Å². The fourth-order valence-corrected chi connectivity index (χ4v) is 5.13. The predicted octanol–water partition coefficient (Wildman–Crippen LogP) is 1.89. The molecule has 0 radical (unpaired) electrons. The zero-order valence-corrected chi connectivity index (χ0v) is 12.3. The van der Waals surface area contributed by atoms with E-state index in [4.69, 9.17) is 0 Å². The van der Waals surface area contributed by atoms with Crippen molar-refractivity contribution in [3.8, 4) is 0 Å². The molecule has 0 saturated heterocycles. The van der Waals surface area contributed by atoms with Gasteiger partial charge < -0.3 is 15.3 Å². The molecule has 2 aliphatic carbocycles. The van der Waals surface area contributed by atoms with Gasteiger partial charge in [-0.3, -0.25) is 4.79 Å². The third-order valence-electron chi connectivity index (χ3n) is 5.86. The van der Waals surface area contributed by atoms with Crippen molar-refractivity contribution in [3.05, 3.63) is 0 Å². The van der Waals surface area contributed by atoms with Crippen LogP contribution in [0.1, 0.15) is 47.0 Å². The van der Waals surface area contributed by atoms with Gasteiger partial charge in [-0.15, -0.1) is 0 Å². The molecule has 3 N–H and O–H groups in total. The van der Waals surface area contributed by atoms with Gasteiger partial charge in [0.1, 0.15) is 0 Å². The smallest absolute Gasteiger partial charge is 0.309 e. The van der Waals surface area contributed by atoms with Gasteiger partial charge >= 0.3 is 5.97 Å². The Bertz CT molecular complexity index is 392. The lowest BCUT2D eigenvalue weighted by Gasteiger charge is -2.51. The normalized spacial score (nSPS) is 48.8. The second-order valence-corrected chi connectivity index (χ2v) is 7.63. The number of carboxylic acid groups (broad SMARTS) is 1. The number of hydrogen-bond donors (Lipinski definition) is 3. The van der Waals surface area contributed by atoms with Gasteiger partial charge in [0.15, 0.2) is 0 Å². The van der Waals surface area contributed by atoms with Gasteiger partial charge in [0.25, 0.3) is 0 Å². The molecule has 0 bridgehead atoms. The molecule has 0 heterocycles. The van der Waals surface area contributed by atoms with Crippen LogP contribution in [0.5, 0.6) is 0 Å². The van der Waals surface area contributed by atoms with Crippen molar-refractivity contribution >= 4 is 5.97 Å². The summed E-state index contributed by atoms with van der Waals surface area (Å²) in [5.74, 6) is -1.84. The van der Waals surface area contributed by atoms with Crippen molar-refractivity contribution in [2.75, 3.05) is 6.61 Å². The molecular weight excluding hydrogens is 244 g/mol. The van der Waals surface area contributed by atoms with E-state index < -0.39 is 22.9 Å². The molecule has 2 fully saturated rings. The van der Waals surface area contributed by atoms with Crippen molar-refractivity contribution in [2.24, 2.45) is 28.6 Å². The molecule has 19 heavy (non-hydrogen) atoms. The number of fused-ring (bicyclic) bond motifs is 1. The first kappa shape index (κ1) is 14.8. The van der Waals surface area contributed by atoms with Crippen LogP contribution in [-0.2, 0) is 4.79 Å². The lowest BCUT2D eigenvalue weighted by atomic mass is 9.56. The van der Waals surface area contributed by atoms with E-state index in [2.05, 4.69) is 13.8 Å². The number of aliphatic carboxylic acids is 1. The molecule has 0 aromatic heterocycles. The highest BCUT2D eigenvalue weighted by atomic mass is 16.4. The largest absolute Gasteiger partial charge is 0.481 e. The van der Waals surface area contributed by atoms with Crippen molar-refractivity contribution in [1.82, 2.24) is 0 Å². The lowest BCUT2D eigenvalue weighted by Crippen LogP contribution is -2.61. The molecule has 0 aromatic carbocycles. The molecule has 0 aromatic rings. The maximum absolute atomic E-state index is 11.7. The van der Waals surface area contributed by atoms with Crippen LogP contribution in [0.4, 0.5) is 0 Å². The molecule has 5 atom stereocenters. The van der Waals surface area contributed by atoms with Crippen LogP contribution >= 0.6 is 0 Å². The van der Waals surface area contributed by atoms with E-state index in [0.717, 1.165) is 12.8 Å². The molecule has 4 heteroatoms. The highest BCUT2D eigenvalue weighted by molar-refractivity contribution is 5.72. The Morgan fingerprint density at radius 2 is 1.84 bits per heavy atom. The second-order valence-electron chi connectivity index (χ2n) is 7.63. The first-order valence-electron chi connectivity index (χ1n) is 7.16. The molecule has 0 unspecified atom stereocenters. The minimum atomic E-state index is -1.31. The van der Waals surface area contributed by atoms with E-state index >= 15 is 0 Å². The Hall–Kier alpha value is -0.610. The number of carboxylic acids is 1. The van der Waals surface area contributed by atoms with Crippen LogP contribution in [0.2, 0.25) is 0 Å². The van der Waals surface area contributed by atoms with Gasteiger partial charge in [-0.25, -0.2) is 0 Å². The summed E-state index contributed by atoms with van der Waals surface area (Å²) in [6.45, 7) is 7.73. The monoisotopic (exact) mass is 270 g/mol. The van der Waals surface area contributed by atoms with Crippen LogP contribution in [0.3, 0.4) is 0 Å². The van der Waals surface area contributed by atoms with E-state index in [1.807, 2.05) is 13.8 Å². The molecule has 2 saturated carbocycles. The molecule has 0 spiro atoms. The zero-order valence-electron chi connectivity index (χ0n) is 12.3. The van der Waals surface area contributed by atoms with Crippen LogP contribution in [0.25, 0.3) is 0 Å². The number of rotatable bonds is 2. The predicted molar refractivity (Wildman–Crippen MR) is 71.6 cm³/mol. The molecular formula is C15H26O4. The average molecular weight is 270 g/mol. The molecule has 0 amide bonds. The molecule has 4 nitrogen and oxygen atoms in total. The molecule has 0 aliphatic heterocycles. The molecule has 2 rings (SSSR count). The fourth-order valence-electron chi connectivity index (χ4n) is 5.13. The van der Waals surface area contributed by atoms with Crippen LogP contribution < -0.4 is 0 Å².